The first-order valence-corrected chi connectivity index (χ1v) is 5.87. The second-order valence-electron chi connectivity index (χ2n) is 4.50. The van der Waals surface area contributed by atoms with Crippen LogP contribution >= 0.6 is 15.9 Å². The van der Waals surface area contributed by atoms with Gasteiger partial charge in [-0.25, -0.2) is 0 Å². The Hall–Kier alpha value is -1.41. The van der Waals surface area contributed by atoms with Crippen LogP contribution in [0.3, 0.4) is 0 Å². The summed E-state index contributed by atoms with van der Waals surface area (Å²) in [6.07, 6.45) is 1.55. The summed E-state index contributed by atoms with van der Waals surface area (Å²) >= 11 is 3.24. The van der Waals surface area contributed by atoms with Crippen LogP contribution in [0.4, 0.5) is 0 Å². The second-order valence-corrected chi connectivity index (χ2v) is 5.41. The van der Waals surface area contributed by atoms with Gasteiger partial charge in [-0.2, -0.15) is 5.26 Å². The Morgan fingerprint density at radius 3 is 2.59 bits per heavy atom. The van der Waals surface area contributed by atoms with Crippen LogP contribution in [-0.2, 0) is 9.53 Å². The van der Waals surface area contributed by atoms with Crippen LogP contribution in [0.25, 0.3) is 0 Å². The molecule has 0 aliphatic carbocycles. The molecule has 1 aromatic heterocycles. The van der Waals surface area contributed by atoms with Gasteiger partial charge in [0.2, 0.25) is 0 Å². The molecule has 0 aliphatic rings. The van der Waals surface area contributed by atoms with E-state index in [4.69, 9.17) is 10.00 Å². The average molecular weight is 297 g/mol. The van der Waals surface area contributed by atoms with E-state index in [0.717, 1.165) is 4.47 Å². The van der Waals surface area contributed by atoms with Crippen LogP contribution in [0.2, 0.25) is 0 Å². The molecule has 1 heterocycles. The highest BCUT2D eigenvalue weighted by Crippen LogP contribution is 2.19. The van der Waals surface area contributed by atoms with Gasteiger partial charge in [0.25, 0.3) is 0 Å². The maximum atomic E-state index is 11.8. The maximum absolute atomic E-state index is 11.8. The molecule has 0 N–H and O–H groups in total. The number of aromatic nitrogens is 1. The molecule has 0 radical (unpaired) electrons. The first kappa shape index (κ1) is 13.7. The third-order valence-corrected chi connectivity index (χ3v) is 2.29. The highest BCUT2D eigenvalue weighted by atomic mass is 79.9. The van der Waals surface area contributed by atoms with Crippen LogP contribution in [0.1, 0.15) is 32.4 Å². The zero-order valence-electron chi connectivity index (χ0n) is 9.90. The molecule has 1 rings (SSSR count). The van der Waals surface area contributed by atoms with Gasteiger partial charge in [-0.3, -0.25) is 9.78 Å². The molecule has 0 aromatic carbocycles. The number of esters is 1. The van der Waals surface area contributed by atoms with Crippen molar-refractivity contribution in [3.8, 4) is 6.07 Å². The summed E-state index contributed by atoms with van der Waals surface area (Å²) in [6, 6.07) is 5.27. The Kier molecular flexibility index (Phi) is 4.24. The number of halogens is 1. The summed E-state index contributed by atoms with van der Waals surface area (Å²) in [7, 11) is 0. The monoisotopic (exact) mass is 296 g/mol. The third-order valence-electron chi connectivity index (χ3n) is 1.82. The summed E-state index contributed by atoms with van der Waals surface area (Å²) in [4.78, 5) is 15.8. The zero-order chi connectivity index (χ0) is 13.1. The molecule has 90 valence electrons. The van der Waals surface area contributed by atoms with E-state index in [0.29, 0.717) is 5.69 Å². The van der Waals surface area contributed by atoms with Crippen LogP contribution in [0.15, 0.2) is 22.8 Å². The molecule has 0 fully saturated rings. The lowest BCUT2D eigenvalue weighted by atomic mass is 10.1. The summed E-state index contributed by atoms with van der Waals surface area (Å²) < 4.78 is 5.96. The van der Waals surface area contributed by atoms with Crippen LogP contribution in [0.5, 0.6) is 0 Å². The number of nitriles is 1. The fourth-order valence-electron chi connectivity index (χ4n) is 1.16. The lowest BCUT2D eigenvalue weighted by Crippen LogP contribution is -2.27. The molecular formula is C12H13BrN2O2. The molecule has 17 heavy (non-hydrogen) atoms. The highest BCUT2D eigenvalue weighted by molar-refractivity contribution is 9.10. The predicted octanol–water partition coefficient (Wildman–Crippen LogP) is 2.79. The highest BCUT2D eigenvalue weighted by Gasteiger charge is 2.27. The van der Waals surface area contributed by atoms with Gasteiger partial charge >= 0.3 is 5.97 Å². The Balaban J connectivity index is 2.90. The molecule has 0 saturated carbocycles. The van der Waals surface area contributed by atoms with Crippen molar-refractivity contribution in [1.29, 1.82) is 5.26 Å². The fourth-order valence-corrected chi connectivity index (χ4v) is 1.39. The van der Waals surface area contributed by atoms with Gasteiger partial charge in [0, 0.05) is 10.7 Å². The molecule has 0 aliphatic heterocycles. The van der Waals surface area contributed by atoms with Crippen LogP contribution in [0, 0.1) is 11.3 Å². The van der Waals surface area contributed by atoms with Crippen LogP contribution in [-0.4, -0.2) is 16.6 Å². The fraction of sp³-hybridized carbons (Fsp3) is 0.417. The molecule has 1 aromatic rings. The molecule has 0 bridgehead atoms. The van der Waals surface area contributed by atoms with Crippen molar-refractivity contribution in [1.82, 2.24) is 4.98 Å². The minimum atomic E-state index is -0.984. The topological polar surface area (TPSA) is 63.0 Å². The van der Waals surface area contributed by atoms with Gasteiger partial charge in [-0.1, -0.05) is 0 Å². The Morgan fingerprint density at radius 2 is 2.18 bits per heavy atom. The minimum absolute atomic E-state index is 0.393. The van der Waals surface area contributed by atoms with E-state index in [1.807, 2.05) is 6.07 Å². The Morgan fingerprint density at radius 1 is 1.53 bits per heavy atom. The summed E-state index contributed by atoms with van der Waals surface area (Å²) in [5.41, 5.74) is -0.216. The zero-order valence-corrected chi connectivity index (χ0v) is 11.5. The van der Waals surface area contributed by atoms with E-state index < -0.39 is 17.5 Å². The predicted molar refractivity (Wildman–Crippen MR) is 66.1 cm³/mol. The van der Waals surface area contributed by atoms with E-state index in [9.17, 15) is 4.79 Å². The third kappa shape index (κ3) is 4.16. The van der Waals surface area contributed by atoms with Gasteiger partial charge in [0.1, 0.15) is 5.60 Å². The average Bonchev–Trinajstić information content (AvgIpc) is 2.19. The summed E-state index contributed by atoms with van der Waals surface area (Å²) in [5.74, 6) is -1.56. The van der Waals surface area contributed by atoms with Crippen molar-refractivity contribution in [3.05, 3.63) is 28.5 Å². The molecule has 0 unspecified atom stereocenters. The normalized spacial score (nSPS) is 12.6. The van der Waals surface area contributed by atoms with Gasteiger partial charge < -0.3 is 4.74 Å². The number of hydrogen-bond donors (Lipinski definition) is 0. The number of carbonyl (C=O) groups excluding carboxylic acids is 1. The van der Waals surface area contributed by atoms with Gasteiger partial charge in [0.15, 0.2) is 5.92 Å². The quantitative estimate of drug-likeness (QED) is 0.787. The standard InChI is InChI=1S/C12H13BrN2O2/c1-12(2,3)17-11(16)9(6-14)10-5-4-8(13)7-15-10/h4-5,7,9H,1-3H3/t9-/m1/s1. The second kappa shape index (κ2) is 5.28. The molecule has 0 spiro atoms. The number of rotatable bonds is 2. The number of ether oxygens (including phenoxy) is 1. The lowest BCUT2D eigenvalue weighted by Gasteiger charge is -2.21. The van der Waals surface area contributed by atoms with Crippen molar-refractivity contribution in [2.24, 2.45) is 0 Å². The van der Waals surface area contributed by atoms with Gasteiger partial charge in [-0.05, 0) is 48.8 Å². The summed E-state index contributed by atoms with van der Waals surface area (Å²) in [6.45, 7) is 5.27. The molecule has 1 atom stereocenters. The molecule has 0 amide bonds. The first-order valence-electron chi connectivity index (χ1n) is 5.07. The smallest absolute Gasteiger partial charge is 0.330 e. The number of hydrogen-bond acceptors (Lipinski definition) is 4. The molecule has 0 saturated heterocycles. The summed E-state index contributed by atoms with van der Waals surface area (Å²) in [5, 5.41) is 9.01. The minimum Gasteiger partial charge on any atom is -0.459 e. The van der Waals surface area contributed by atoms with E-state index in [-0.39, 0.29) is 0 Å². The lowest BCUT2D eigenvalue weighted by molar-refractivity contribution is -0.155. The molecule has 5 heteroatoms. The first-order chi connectivity index (χ1) is 7.83. The van der Waals surface area contributed by atoms with Crippen molar-refractivity contribution < 1.29 is 9.53 Å². The van der Waals surface area contributed by atoms with Crippen LogP contribution < -0.4 is 0 Å². The molecule has 4 nitrogen and oxygen atoms in total. The number of pyridine rings is 1. The molecular weight excluding hydrogens is 284 g/mol. The van der Waals surface area contributed by atoms with Crippen molar-refractivity contribution in [2.75, 3.05) is 0 Å². The number of nitrogens with zero attached hydrogens (tertiary/aromatic N) is 2. The Labute approximate surface area is 109 Å². The number of carbonyl (C=O) groups is 1. The van der Waals surface area contributed by atoms with Gasteiger partial charge in [-0.15, -0.1) is 0 Å². The Bertz CT molecular complexity index is 443. The van der Waals surface area contributed by atoms with E-state index in [1.54, 1.807) is 39.1 Å². The van der Waals surface area contributed by atoms with E-state index in [2.05, 4.69) is 20.9 Å². The van der Waals surface area contributed by atoms with Crippen molar-refractivity contribution in [3.63, 3.8) is 0 Å². The van der Waals surface area contributed by atoms with E-state index >= 15 is 0 Å². The SMILES string of the molecule is CC(C)(C)OC(=O)[C@H](C#N)c1ccc(Br)cn1. The largest absolute Gasteiger partial charge is 0.459 e. The van der Waals surface area contributed by atoms with Crippen molar-refractivity contribution >= 4 is 21.9 Å². The van der Waals surface area contributed by atoms with Crippen molar-refractivity contribution in [2.45, 2.75) is 32.3 Å². The van der Waals surface area contributed by atoms with Gasteiger partial charge in [0.05, 0.1) is 11.8 Å². The van der Waals surface area contributed by atoms with E-state index in [1.165, 1.54) is 0 Å². The maximum Gasteiger partial charge on any atom is 0.330 e.